The maximum Gasteiger partial charge on any atom is 0.224 e. The molecule has 1 amide bonds. The number of para-hydroxylation sites is 1. The van der Waals surface area contributed by atoms with Gasteiger partial charge in [0.1, 0.15) is 5.82 Å². The van der Waals surface area contributed by atoms with Crippen LogP contribution in [0.25, 0.3) is 16.7 Å². The molecular weight excluding hydrogens is 416 g/mol. The lowest BCUT2D eigenvalue weighted by Crippen LogP contribution is -2.24. The molecule has 0 bridgehead atoms. The van der Waals surface area contributed by atoms with E-state index in [1.807, 2.05) is 72.4 Å². The standard InChI is InChI=1S/C24H22N8O/c1-31-22(10-12-27-31)28-21-8-9-23(30-29-21)32-16-18(19-6-2-3-7-20(19)32)13-24(33)26-15-17-5-4-11-25-14-17/h2-12,14,16H,13,15H2,1H3,(H,26,33)(H,28,29). The maximum absolute atomic E-state index is 12.6. The lowest BCUT2D eigenvalue weighted by molar-refractivity contribution is -0.120. The predicted octanol–water partition coefficient (Wildman–Crippen LogP) is 3.15. The Bertz CT molecular complexity index is 1390. The summed E-state index contributed by atoms with van der Waals surface area (Å²) in [5, 5.41) is 20.0. The van der Waals surface area contributed by atoms with Gasteiger partial charge in [0.15, 0.2) is 11.6 Å². The average molecular weight is 438 g/mol. The Morgan fingerprint density at radius 2 is 1.91 bits per heavy atom. The average Bonchev–Trinajstić information content (AvgIpc) is 3.42. The van der Waals surface area contributed by atoms with Crippen LogP contribution in [0.3, 0.4) is 0 Å². The number of rotatable bonds is 7. The molecule has 5 aromatic rings. The number of fused-ring (bicyclic) bond motifs is 1. The molecule has 9 nitrogen and oxygen atoms in total. The highest BCUT2D eigenvalue weighted by Gasteiger charge is 2.14. The molecular formula is C24H22N8O. The number of benzene rings is 1. The molecule has 0 saturated carbocycles. The second-order valence-corrected chi connectivity index (χ2v) is 7.60. The second kappa shape index (κ2) is 8.91. The normalized spacial score (nSPS) is 10.9. The molecule has 0 radical (unpaired) electrons. The Balaban J connectivity index is 1.36. The topological polar surface area (TPSA) is 103 Å². The van der Waals surface area contributed by atoms with Gasteiger partial charge in [-0.1, -0.05) is 24.3 Å². The van der Waals surface area contributed by atoms with E-state index >= 15 is 0 Å². The molecule has 9 heteroatoms. The van der Waals surface area contributed by atoms with Gasteiger partial charge in [0.25, 0.3) is 0 Å². The number of carbonyl (C=O) groups is 1. The zero-order chi connectivity index (χ0) is 22.6. The zero-order valence-electron chi connectivity index (χ0n) is 18.0. The van der Waals surface area contributed by atoms with Crippen molar-refractivity contribution in [1.82, 2.24) is 34.8 Å². The van der Waals surface area contributed by atoms with Crippen LogP contribution in [0.15, 0.2) is 79.4 Å². The number of hydrogen-bond acceptors (Lipinski definition) is 6. The summed E-state index contributed by atoms with van der Waals surface area (Å²) in [5.41, 5.74) is 2.85. The van der Waals surface area contributed by atoms with Crippen LogP contribution >= 0.6 is 0 Å². The van der Waals surface area contributed by atoms with E-state index in [0.717, 1.165) is 27.8 Å². The highest BCUT2D eigenvalue weighted by Crippen LogP contribution is 2.25. The lowest BCUT2D eigenvalue weighted by Gasteiger charge is -2.07. The molecule has 0 aliphatic carbocycles. The molecule has 0 saturated heterocycles. The van der Waals surface area contributed by atoms with E-state index in [-0.39, 0.29) is 12.3 Å². The third kappa shape index (κ3) is 4.42. The van der Waals surface area contributed by atoms with Gasteiger partial charge < -0.3 is 10.6 Å². The maximum atomic E-state index is 12.6. The summed E-state index contributed by atoms with van der Waals surface area (Å²) in [5.74, 6) is 2.06. The van der Waals surface area contributed by atoms with Gasteiger partial charge in [-0.2, -0.15) is 5.10 Å². The molecule has 2 N–H and O–H groups in total. The fourth-order valence-corrected chi connectivity index (χ4v) is 3.67. The highest BCUT2D eigenvalue weighted by molar-refractivity contribution is 5.90. The fraction of sp³-hybridized carbons (Fsp3) is 0.125. The number of aromatic nitrogens is 6. The van der Waals surface area contributed by atoms with Gasteiger partial charge in [-0.05, 0) is 35.4 Å². The van der Waals surface area contributed by atoms with Crippen molar-refractivity contribution in [3.63, 3.8) is 0 Å². The first-order valence-corrected chi connectivity index (χ1v) is 10.5. The molecule has 0 fully saturated rings. The van der Waals surface area contributed by atoms with Gasteiger partial charge in [0.05, 0.1) is 18.1 Å². The lowest BCUT2D eigenvalue weighted by atomic mass is 10.1. The summed E-state index contributed by atoms with van der Waals surface area (Å²) in [6.07, 6.45) is 7.39. The van der Waals surface area contributed by atoms with Crippen LogP contribution in [-0.2, 0) is 24.8 Å². The van der Waals surface area contributed by atoms with Crippen molar-refractivity contribution in [2.45, 2.75) is 13.0 Å². The van der Waals surface area contributed by atoms with E-state index in [1.165, 1.54) is 0 Å². The van der Waals surface area contributed by atoms with E-state index in [2.05, 4.69) is 30.9 Å². The number of hydrogen-bond donors (Lipinski definition) is 2. The summed E-state index contributed by atoms with van der Waals surface area (Å²) in [6, 6.07) is 17.4. The van der Waals surface area contributed by atoms with Gasteiger partial charge in [-0.15, -0.1) is 10.2 Å². The number of nitrogens with zero attached hydrogens (tertiary/aromatic N) is 6. The number of anilines is 2. The van der Waals surface area contributed by atoms with Crippen molar-refractivity contribution in [3.05, 3.63) is 90.5 Å². The molecule has 0 spiro atoms. The molecule has 33 heavy (non-hydrogen) atoms. The van der Waals surface area contributed by atoms with Gasteiger partial charge in [-0.3, -0.25) is 19.0 Å². The van der Waals surface area contributed by atoms with Gasteiger partial charge in [-0.25, -0.2) is 0 Å². The summed E-state index contributed by atoms with van der Waals surface area (Å²) in [7, 11) is 1.85. The van der Waals surface area contributed by atoms with Gasteiger partial charge >= 0.3 is 0 Å². The van der Waals surface area contributed by atoms with Crippen LogP contribution in [-0.4, -0.2) is 35.4 Å². The smallest absolute Gasteiger partial charge is 0.224 e. The first kappa shape index (κ1) is 20.4. The summed E-state index contributed by atoms with van der Waals surface area (Å²) in [6.45, 7) is 0.446. The van der Waals surface area contributed by atoms with Crippen molar-refractivity contribution >= 4 is 28.4 Å². The SMILES string of the molecule is Cn1nccc1Nc1ccc(-n2cc(CC(=O)NCc3cccnc3)c3ccccc32)nn1. The monoisotopic (exact) mass is 438 g/mol. The Kier molecular flexibility index (Phi) is 5.50. The molecule has 0 aliphatic heterocycles. The molecule has 5 rings (SSSR count). The van der Waals surface area contributed by atoms with E-state index in [0.29, 0.717) is 18.2 Å². The molecule has 0 atom stereocenters. The summed E-state index contributed by atoms with van der Waals surface area (Å²) in [4.78, 5) is 16.7. The Morgan fingerprint density at radius 1 is 1.00 bits per heavy atom. The zero-order valence-corrected chi connectivity index (χ0v) is 18.0. The minimum absolute atomic E-state index is 0.0523. The van der Waals surface area contributed by atoms with E-state index < -0.39 is 0 Å². The molecule has 0 unspecified atom stereocenters. The molecule has 164 valence electrons. The number of pyridine rings is 1. The minimum Gasteiger partial charge on any atom is -0.352 e. The fourth-order valence-electron chi connectivity index (χ4n) is 3.67. The molecule has 4 aromatic heterocycles. The first-order valence-electron chi connectivity index (χ1n) is 10.5. The molecule has 0 aliphatic rings. The van der Waals surface area contributed by atoms with E-state index in [1.54, 1.807) is 23.3 Å². The Morgan fingerprint density at radius 3 is 2.67 bits per heavy atom. The van der Waals surface area contributed by atoms with Crippen molar-refractivity contribution in [2.24, 2.45) is 7.05 Å². The number of aryl methyl sites for hydroxylation is 1. The van der Waals surface area contributed by atoms with Crippen LogP contribution in [0, 0.1) is 0 Å². The largest absolute Gasteiger partial charge is 0.352 e. The van der Waals surface area contributed by atoms with Crippen LogP contribution in [0.4, 0.5) is 11.6 Å². The molecule has 4 heterocycles. The number of carbonyl (C=O) groups excluding carboxylic acids is 1. The van der Waals surface area contributed by atoms with Crippen molar-refractivity contribution in [1.29, 1.82) is 0 Å². The Labute approximate surface area is 190 Å². The summed E-state index contributed by atoms with van der Waals surface area (Å²) >= 11 is 0. The number of nitrogens with one attached hydrogen (secondary N) is 2. The highest BCUT2D eigenvalue weighted by atomic mass is 16.1. The van der Waals surface area contributed by atoms with E-state index in [4.69, 9.17) is 0 Å². The van der Waals surface area contributed by atoms with E-state index in [9.17, 15) is 4.79 Å². The van der Waals surface area contributed by atoms with Crippen molar-refractivity contribution in [3.8, 4) is 5.82 Å². The van der Waals surface area contributed by atoms with Gasteiger partial charge in [0.2, 0.25) is 5.91 Å². The predicted molar refractivity (Wildman–Crippen MR) is 125 cm³/mol. The Hall–Kier alpha value is -4.53. The molecule has 1 aromatic carbocycles. The van der Waals surface area contributed by atoms with Crippen LogP contribution in [0.5, 0.6) is 0 Å². The second-order valence-electron chi connectivity index (χ2n) is 7.60. The van der Waals surface area contributed by atoms with Crippen molar-refractivity contribution < 1.29 is 4.79 Å². The number of amides is 1. The summed E-state index contributed by atoms with van der Waals surface area (Å²) < 4.78 is 3.68. The first-order chi connectivity index (χ1) is 16.2. The third-order valence-electron chi connectivity index (χ3n) is 5.33. The van der Waals surface area contributed by atoms with Crippen LogP contribution < -0.4 is 10.6 Å². The minimum atomic E-state index is -0.0523. The van der Waals surface area contributed by atoms with Crippen LogP contribution in [0.2, 0.25) is 0 Å². The van der Waals surface area contributed by atoms with Crippen molar-refractivity contribution in [2.75, 3.05) is 5.32 Å². The quantitative estimate of drug-likeness (QED) is 0.405. The van der Waals surface area contributed by atoms with Gasteiger partial charge in [0, 0.05) is 43.6 Å². The van der Waals surface area contributed by atoms with Crippen LogP contribution in [0.1, 0.15) is 11.1 Å². The third-order valence-corrected chi connectivity index (χ3v) is 5.33.